The van der Waals surface area contributed by atoms with E-state index in [9.17, 15) is 4.79 Å². The highest BCUT2D eigenvalue weighted by Gasteiger charge is 2.21. The number of aromatic nitrogens is 2. The molecule has 7 heteroatoms. The molecule has 0 radical (unpaired) electrons. The monoisotopic (exact) mass is 432 g/mol. The van der Waals surface area contributed by atoms with Crippen LogP contribution < -0.4 is 20.1 Å². The molecule has 1 fully saturated rings. The normalized spacial score (nSPS) is 14.3. The molecule has 2 aromatic heterocycles. The van der Waals surface area contributed by atoms with Crippen LogP contribution in [0, 0.1) is 6.92 Å². The number of ether oxygens (including phenoxy) is 1. The topological polar surface area (TPSA) is 61.5 Å². The lowest BCUT2D eigenvalue weighted by molar-refractivity contribution is 0.415. The third kappa shape index (κ3) is 3.77. The van der Waals surface area contributed by atoms with Gasteiger partial charge >= 0.3 is 0 Å². The molecule has 0 saturated carbocycles. The maximum absolute atomic E-state index is 12.8. The van der Waals surface area contributed by atoms with Gasteiger partial charge in [-0.2, -0.15) is 0 Å². The summed E-state index contributed by atoms with van der Waals surface area (Å²) in [5.74, 6) is 1.45. The van der Waals surface area contributed by atoms with Crippen LogP contribution in [0.25, 0.3) is 21.3 Å². The number of methoxy groups -OCH3 is 1. The van der Waals surface area contributed by atoms with Gasteiger partial charge in [-0.15, -0.1) is 11.3 Å². The number of thiophene rings is 1. The first-order valence-electron chi connectivity index (χ1n) is 10.3. The van der Waals surface area contributed by atoms with Crippen LogP contribution in [-0.4, -0.2) is 43.3 Å². The minimum atomic E-state index is -0.0779. The van der Waals surface area contributed by atoms with Crippen molar-refractivity contribution in [3.8, 4) is 16.9 Å². The Morgan fingerprint density at radius 1 is 1.03 bits per heavy atom. The minimum Gasteiger partial charge on any atom is -0.497 e. The number of piperazine rings is 1. The van der Waals surface area contributed by atoms with Gasteiger partial charge in [0.15, 0.2) is 0 Å². The molecule has 3 heterocycles. The molecule has 1 saturated heterocycles. The summed E-state index contributed by atoms with van der Waals surface area (Å²) >= 11 is 1.44. The van der Waals surface area contributed by atoms with Crippen LogP contribution in [0.2, 0.25) is 0 Å². The zero-order chi connectivity index (χ0) is 21.4. The average molecular weight is 433 g/mol. The quantitative estimate of drug-likeness (QED) is 0.521. The summed E-state index contributed by atoms with van der Waals surface area (Å²) in [6.07, 6.45) is 0. The number of hydrogen-bond acceptors (Lipinski definition) is 6. The van der Waals surface area contributed by atoms with E-state index in [1.54, 1.807) is 7.11 Å². The van der Waals surface area contributed by atoms with Crippen molar-refractivity contribution in [1.82, 2.24) is 9.97 Å². The number of nitrogens with zero attached hydrogens (tertiary/aromatic N) is 3. The molecule has 1 aliphatic heterocycles. The summed E-state index contributed by atoms with van der Waals surface area (Å²) in [7, 11) is 1.65. The highest BCUT2D eigenvalue weighted by Crippen LogP contribution is 2.32. The highest BCUT2D eigenvalue weighted by atomic mass is 32.1. The Kier molecular flexibility index (Phi) is 5.11. The maximum Gasteiger partial charge on any atom is 0.270 e. The SMILES string of the molecule is COc1ccc(-c2csc3c(=O)[nH]c(N4CCN(c5cccc(C)c5)CC4)nc23)cc1. The molecule has 0 amide bonds. The fourth-order valence-electron chi connectivity index (χ4n) is 4.04. The van der Waals surface area contributed by atoms with Gasteiger partial charge in [-0.25, -0.2) is 4.98 Å². The molecule has 1 aliphatic rings. The van der Waals surface area contributed by atoms with Crippen LogP contribution >= 0.6 is 11.3 Å². The van der Waals surface area contributed by atoms with Crippen LogP contribution in [0.15, 0.2) is 58.7 Å². The predicted molar refractivity (Wildman–Crippen MR) is 128 cm³/mol. The summed E-state index contributed by atoms with van der Waals surface area (Å²) in [6.45, 7) is 5.51. The lowest BCUT2D eigenvalue weighted by Crippen LogP contribution is -2.47. The van der Waals surface area contributed by atoms with Crippen LogP contribution in [0.4, 0.5) is 11.6 Å². The molecule has 0 unspecified atom stereocenters. The van der Waals surface area contributed by atoms with Gasteiger partial charge < -0.3 is 14.5 Å². The number of rotatable bonds is 4. The average Bonchev–Trinajstić information content (AvgIpc) is 3.24. The predicted octanol–water partition coefficient (Wildman–Crippen LogP) is 4.30. The van der Waals surface area contributed by atoms with E-state index in [2.05, 4.69) is 46.0 Å². The van der Waals surface area contributed by atoms with Gasteiger partial charge in [0, 0.05) is 42.8 Å². The Labute approximate surface area is 184 Å². The number of aromatic amines is 1. The van der Waals surface area contributed by atoms with Crippen LogP contribution in [0.3, 0.4) is 0 Å². The van der Waals surface area contributed by atoms with E-state index in [-0.39, 0.29) is 5.56 Å². The Hall–Kier alpha value is -3.32. The smallest absolute Gasteiger partial charge is 0.270 e. The van der Waals surface area contributed by atoms with E-state index < -0.39 is 0 Å². The lowest BCUT2D eigenvalue weighted by Gasteiger charge is -2.36. The highest BCUT2D eigenvalue weighted by molar-refractivity contribution is 7.17. The molecule has 0 spiro atoms. The van der Waals surface area contributed by atoms with Gasteiger partial charge in [-0.3, -0.25) is 9.78 Å². The molecule has 31 heavy (non-hydrogen) atoms. The number of benzene rings is 2. The summed E-state index contributed by atoms with van der Waals surface area (Å²) < 4.78 is 5.92. The largest absolute Gasteiger partial charge is 0.497 e. The zero-order valence-corrected chi connectivity index (χ0v) is 18.4. The van der Waals surface area contributed by atoms with Gasteiger partial charge in [0.05, 0.1) is 12.6 Å². The van der Waals surface area contributed by atoms with E-state index in [0.29, 0.717) is 10.6 Å². The Morgan fingerprint density at radius 2 is 1.77 bits per heavy atom. The standard InChI is InChI=1S/C24H24N4O2S/c1-16-4-3-5-18(14-16)27-10-12-28(13-11-27)24-25-21-20(15-31-22(21)23(29)26-24)17-6-8-19(30-2)9-7-17/h3-9,14-15H,10-13H2,1-2H3,(H,25,26,29). The third-order valence-corrected chi connectivity index (χ3v) is 6.73. The second-order valence-electron chi connectivity index (χ2n) is 7.76. The third-order valence-electron chi connectivity index (χ3n) is 5.76. The molecule has 5 rings (SSSR count). The van der Waals surface area contributed by atoms with Crippen molar-refractivity contribution in [3.63, 3.8) is 0 Å². The van der Waals surface area contributed by atoms with E-state index in [1.165, 1.54) is 22.6 Å². The Morgan fingerprint density at radius 3 is 2.48 bits per heavy atom. The van der Waals surface area contributed by atoms with Crippen molar-refractivity contribution >= 4 is 33.2 Å². The molecule has 0 atom stereocenters. The van der Waals surface area contributed by atoms with Crippen LogP contribution in [-0.2, 0) is 0 Å². The molecule has 6 nitrogen and oxygen atoms in total. The Bertz CT molecular complexity index is 1270. The van der Waals surface area contributed by atoms with Gasteiger partial charge in [0.25, 0.3) is 5.56 Å². The molecule has 1 N–H and O–H groups in total. The van der Waals surface area contributed by atoms with Crippen LogP contribution in [0.1, 0.15) is 5.56 Å². The molecule has 4 aromatic rings. The van der Waals surface area contributed by atoms with Crippen molar-refractivity contribution in [3.05, 3.63) is 69.8 Å². The first-order valence-corrected chi connectivity index (χ1v) is 11.2. The molecular formula is C24H24N4O2S. The molecule has 0 aliphatic carbocycles. The van der Waals surface area contributed by atoms with Gasteiger partial charge in [0.1, 0.15) is 10.4 Å². The summed E-state index contributed by atoms with van der Waals surface area (Å²) in [6, 6.07) is 16.4. The summed E-state index contributed by atoms with van der Waals surface area (Å²) in [4.78, 5) is 25.2. The van der Waals surface area contributed by atoms with E-state index in [1.807, 2.05) is 29.6 Å². The lowest BCUT2D eigenvalue weighted by atomic mass is 10.1. The van der Waals surface area contributed by atoms with Gasteiger partial charge in [0.2, 0.25) is 5.95 Å². The first-order chi connectivity index (χ1) is 15.1. The maximum atomic E-state index is 12.8. The van der Waals surface area contributed by atoms with Crippen molar-refractivity contribution in [2.24, 2.45) is 0 Å². The minimum absolute atomic E-state index is 0.0779. The van der Waals surface area contributed by atoms with Crippen molar-refractivity contribution in [2.75, 3.05) is 43.1 Å². The number of nitrogens with one attached hydrogen (secondary N) is 1. The summed E-state index contributed by atoms with van der Waals surface area (Å²) in [5.41, 5.74) is 5.20. The fourth-order valence-corrected chi connectivity index (χ4v) is 4.95. The number of hydrogen-bond donors (Lipinski definition) is 1. The molecular weight excluding hydrogens is 408 g/mol. The second kappa shape index (κ2) is 8.07. The van der Waals surface area contributed by atoms with Crippen molar-refractivity contribution in [2.45, 2.75) is 6.92 Å². The first kappa shape index (κ1) is 19.6. The zero-order valence-electron chi connectivity index (χ0n) is 17.6. The van der Waals surface area contributed by atoms with E-state index in [0.717, 1.165) is 48.6 Å². The van der Waals surface area contributed by atoms with E-state index >= 15 is 0 Å². The number of fused-ring (bicyclic) bond motifs is 1. The number of aryl methyl sites for hydroxylation is 1. The number of H-pyrrole nitrogens is 1. The van der Waals surface area contributed by atoms with Crippen molar-refractivity contribution in [1.29, 1.82) is 0 Å². The van der Waals surface area contributed by atoms with Gasteiger partial charge in [-0.05, 0) is 42.3 Å². The summed E-state index contributed by atoms with van der Waals surface area (Å²) in [5, 5.41) is 2.01. The van der Waals surface area contributed by atoms with Crippen molar-refractivity contribution < 1.29 is 4.74 Å². The molecule has 0 bridgehead atoms. The molecule has 158 valence electrons. The number of anilines is 2. The fraction of sp³-hybridized carbons (Fsp3) is 0.250. The van der Waals surface area contributed by atoms with E-state index in [4.69, 9.17) is 9.72 Å². The molecule has 2 aromatic carbocycles. The van der Waals surface area contributed by atoms with Gasteiger partial charge in [-0.1, -0.05) is 24.3 Å². The Balaban J connectivity index is 1.42. The second-order valence-corrected chi connectivity index (χ2v) is 8.64. The van der Waals surface area contributed by atoms with Crippen LogP contribution in [0.5, 0.6) is 5.75 Å².